The number of nitrogens with zero attached hydrogens (tertiary/aromatic N) is 1. The first-order chi connectivity index (χ1) is 15.9. The molecule has 6 heteroatoms. The molecule has 0 aliphatic heterocycles. The third-order valence-corrected chi connectivity index (χ3v) is 4.97. The van der Waals surface area contributed by atoms with Crippen LogP contribution in [0, 0.1) is 6.92 Å². The Morgan fingerprint density at radius 1 is 1.03 bits per heavy atom. The number of hydrogen-bond acceptors (Lipinski definition) is 4. The molecule has 1 amide bonds. The fourth-order valence-corrected chi connectivity index (χ4v) is 3.36. The van der Waals surface area contributed by atoms with Gasteiger partial charge in [0.1, 0.15) is 5.75 Å². The van der Waals surface area contributed by atoms with Gasteiger partial charge in [0.25, 0.3) is 5.91 Å². The van der Waals surface area contributed by atoms with Crippen LogP contribution in [0.1, 0.15) is 46.0 Å². The van der Waals surface area contributed by atoms with Crippen molar-refractivity contribution in [1.82, 2.24) is 9.97 Å². The smallest absolute Gasteiger partial charge is 0.255 e. The number of allylic oxidation sites excluding steroid dienone is 1. The molecule has 0 saturated carbocycles. The number of ketones is 1. The number of amides is 1. The molecule has 0 unspecified atom stereocenters. The Morgan fingerprint density at radius 3 is 2.55 bits per heavy atom. The third kappa shape index (κ3) is 5.36. The van der Waals surface area contributed by atoms with E-state index in [-0.39, 0.29) is 17.8 Å². The van der Waals surface area contributed by atoms with Gasteiger partial charge in [0, 0.05) is 5.56 Å². The molecule has 1 heterocycles. The zero-order valence-electron chi connectivity index (χ0n) is 18.8. The van der Waals surface area contributed by atoms with Gasteiger partial charge in [-0.2, -0.15) is 0 Å². The second kappa shape index (κ2) is 9.53. The standard InChI is InChI=1S/C27H25N3O3/c1-17(2)33-25-7-5-4-6-22(25)30-27(32)20-12-9-19(10-13-20)11-15-24(31)26-28-21-14-8-18(3)16-23(21)29-26/h4-17H,1-3H3,(H,28,29)(H,30,32). The van der Waals surface area contributed by atoms with Gasteiger partial charge in [-0.15, -0.1) is 0 Å². The number of carbonyl (C=O) groups excluding carboxylic acids is 2. The maximum atomic E-state index is 12.7. The highest BCUT2D eigenvalue weighted by Gasteiger charge is 2.11. The molecular formula is C27H25N3O3. The van der Waals surface area contributed by atoms with Crippen LogP contribution in [0.3, 0.4) is 0 Å². The van der Waals surface area contributed by atoms with E-state index in [1.807, 2.05) is 57.2 Å². The maximum Gasteiger partial charge on any atom is 0.255 e. The van der Waals surface area contributed by atoms with Gasteiger partial charge in [0.2, 0.25) is 5.78 Å². The van der Waals surface area contributed by atoms with Crippen LogP contribution in [0.5, 0.6) is 5.75 Å². The summed E-state index contributed by atoms with van der Waals surface area (Å²) in [4.78, 5) is 32.6. The van der Waals surface area contributed by atoms with E-state index < -0.39 is 0 Å². The number of para-hydroxylation sites is 2. The SMILES string of the molecule is Cc1ccc2nc(C(=O)C=Cc3ccc(C(=O)Nc4ccccc4OC(C)C)cc3)[nH]c2c1. The average Bonchev–Trinajstić information content (AvgIpc) is 3.22. The summed E-state index contributed by atoms with van der Waals surface area (Å²) in [6, 6.07) is 20.2. The van der Waals surface area contributed by atoms with E-state index >= 15 is 0 Å². The van der Waals surface area contributed by atoms with Crippen molar-refractivity contribution in [3.8, 4) is 5.75 Å². The predicted octanol–water partition coefficient (Wildman–Crippen LogP) is 5.81. The van der Waals surface area contributed by atoms with Crippen molar-refractivity contribution in [3.63, 3.8) is 0 Å². The number of carbonyl (C=O) groups is 2. The van der Waals surface area contributed by atoms with Crippen molar-refractivity contribution in [2.45, 2.75) is 26.9 Å². The molecule has 2 N–H and O–H groups in total. The van der Waals surface area contributed by atoms with E-state index in [1.165, 1.54) is 6.08 Å². The lowest BCUT2D eigenvalue weighted by atomic mass is 10.1. The van der Waals surface area contributed by atoms with Gasteiger partial charge in [0.05, 0.1) is 22.8 Å². The first-order valence-electron chi connectivity index (χ1n) is 10.7. The molecule has 0 spiro atoms. The molecule has 4 rings (SSSR count). The number of rotatable bonds is 7. The molecule has 0 fully saturated rings. The minimum absolute atomic E-state index is 0.000475. The fraction of sp³-hybridized carbons (Fsp3) is 0.148. The van der Waals surface area contributed by atoms with Crippen LogP contribution >= 0.6 is 0 Å². The van der Waals surface area contributed by atoms with Crippen molar-refractivity contribution >= 4 is 34.5 Å². The summed E-state index contributed by atoms with van der Waals surface area (Å²) in [6.45, 7) is 5.86. The Balaban J connectivity index is 1.43. The van der Waals surface area contributed by atoms with Gasteiger partial charge in [-0.05, 0) is 74.4 Å². The van der Waals surface area contributed by atoms with Crippen LogP contribution in [0.15, 0.2) is 72.8 Å². The van der Waals surface area contributed by atoms with Gasteiger partial charge >= 0.3 is 0 Å². The third-order valence-electron chi connectivity index (χ3n) is 4.97. The fourth-order valence-electron chi connectivity index (χ4n) is 3.36. The highest BCUT2D eigenvalue weighted by atomic mass is 16.5. The van der Waals surface area contributed by atoms with Gasteiger partial charge in [0.15, 0.2) is 5.82 Å². The number of aromatic amines is 1. The zero-order valence-corrected chi connectivity index (χ0v) is 18.8. The Kier molecular flexibility index (Phi) is 6.36. The van der Waals surface area contributed by atoms with Gasteiger partial charge < -0.3 is 15.0 Å². The number of imidazole rings is 1. The molecule has 33 heavy (non-hydrogen) atoms. The molecular weight excluding hydrogens is 414 g/mol. The monoisotopic (exact) mass is 439 g/mol. The number of fused-ring (bicyclic) bond motifs is 1. The van der Waals surface area contributed by atoms with Crippen molar-refractivity contribution in [2.24, 2.45) is 0 Å². The van der Waals surface area contributed by atoms with E-state index in [0.29, 0.717) is 22.8 Å². The summed E-state index contributed by atoms with van der Waals surface area (Å²) in [7, 11) is 0. The lowest BCUT2D eigenvalue weighted by Gasteiger charge is -2.14. The van der Waals surface area contributed by atoms with Crippen molar-refractivity contribution < 1.29 is 14.3 Å². The predicted molar refractivity (Wildman–Crippen MR) is 131 cm³/mol. The van der Waals surface area contributed by atoms with Crippen molar-refractivity contribution in [1.29, 1.82) is 0 Å². The molecule has 0 radical (unpaired) electrons. The number of benzene rings is 3. The van der Waals surface area contributed by atoms with Crippen LogP contribution in [0.2, 0.25) is 0 Å². The van der Waals surface area contributed by atoms with E-state index in [2.05, 4.69) is 15.3 Å². The summed E-state index contributed by atoms with van der Waals surface area (Å²) >= 11 is 0. The maximum absolute atomic E-state index is 12.7. The average molecular weight is 440 g/mol. The number of H-pyrrole nitrogens is 1. The first-order valence-corrected chi connectivity index (χ1v) is 10.7. The van der Waals surface area contributed by atoms with Gasteiger partial charge in [-0.1, -0.05) is 36.4 Å². The molecule has 0 aliphatic rings. The van der Waals surface area contributed by atoms with Gasteiger partial charge in [-0.25, -0.2) is 4.98 Å². The second-order valence-electron chi connectivity index (χ2n) is 8.04. The molecule has 6 nitrogen and oxygen atoms in total. The zero-order chi connectivity index (χ0) is 23.4. The van der Waals surface area contributed by atoms with Crippen LogP contribution in [0.25, 0.3) is 17.1 Å². The van der Waals surface area contributed by atoms with Crippen LogP contribution < -0.4 is 10.1 Å². The van der Waals surface area contributed by atoms with Crippen molar-refractivity contribution in [3.05, 3.63) is 95.3 Å². The van der Waals surface area contributed by atoms with E-state index in [1.54, 1.807) is 36.4 Å². The molecule has 4 aromatic rings. The Labute approximate surface area is 192 Å². The van der Waals surface area contributed by atoms with Crippen LogP contribution in [0.4, 0.5) is 5.69 Å². The van der Waals surface area contributed by atoms with Crippen LogP contribution in [-0.2, 0) is 0 Å². The molecule has 0 atom stereocenters. The number of aromatic nitrogens is 2. The number of hydrogen-bond donors (Lipinski definition) is 2. The topological polar surface area (TPSA) is 84.1 Å². The van der Waals surface area contributed by atoms with E-state index in [4.69, 9.17) is 4.74 Å². The summed E-state index contributed by atoms with van der Waals surface area (Å²) in [5, 5.41) is 2.89. The summed E-state index contributed by atoms with van der Waals surface area (Å²) in [6.07, 6.45) is 3.17. The quantitative estimate of drug-likeness (QED) is 0.281. The molecule has 3 aromatic carbocycles. The minimum atomic E-state index is -0.237. The largest absolute Gasteiger partial charge is 0.489 e. The highest BCUT2D eigenvalue weighted by molar-refractivity contribution is 6.06. The summed E-state index contributed by atoms with van der Waals surface area (Å²) < 4.78 is 5.75. The molecule has 0 bridgehead atoms. The Morgan fingerprint density at radius 2 is 1.79 bits per heavy atom. The van der Waals surface area contributed by atoms with Crippen molar-refractivity contribution in [2.75, 3.05) is 5.32 Å². The summed E-state index contributed by atoms with van der Waals surface area (Å²) in [5.74, 6) is 0.469. The minimum Gasteiger partial charge on any atom is -0.489 e. The second-order valence-corrected chi connectivity index (χ2v) is 8.04. The normalized spacial score (nSPS) is 11.3. The number of nitrogens with one attached hydrogen (secondary N) is 2. The Hall–Kier alpha value is -4.19. The molecule has 166 valence electrons. The highest BCUT2D eigenvalue weighted by Crippen LogP contribution is 2.25. The molecule has 0 aliphatic carbocycles. The van der Waals surface area contributed by atoms with Gasteiger partial charge in [-0.3, -0.25) is 9.59 Å². The summed E-state index contributed by atoms with van der Waals surface area (Å²) in [5.41, 5.74) is 4.61. The van der Waals surface area contributed by atoms with E-state index in [0.717, 1.165) is 22.2 Å². The van der Waals surface area contributed by atoms with E-state index in [9.17, 15) is 9.59 Å². The Bertz CT molecular complexity index is 1330. The number of aryl methyl sites for hydroxylation is 1. The molecule has 1 aromatic heterocycles. The van der Waals surface area contributed by atoms with Crippen LogP contribution in [-0.4, -0.2) is 27.8 Å². The first kappa shape index (κ1) is 22.0. The lowest BCUT2D eigenvalue weighted by Crippen LogP contribution is -2.14. The number of ether oxygens (including phenoxy) is 1. The number of anilines is 1. The molecule has 0 saturated heterocycles. The lowest BCUT2D eigenvalue weighted by molar-refractivity contribution is 0.102.